The molecule has 10 heavy (non-hydrogen) atoms. The van der Waals surface area contributed by atoms with Gasteiger partial charge in [0.2, 0.25) is 0 Å². The van der Waals surface area contributed by atoms with Crippen LogP contribution in [-0.4, -0.2) is 18.7 Å². The van der Waals surface area contributed by atoms with Crippen molar-refractivity contribution >= 4 is 5.97 Å². The smallest absolute Gasteiger partial charge is 0.0579 e. The molecule has 1 atom stereocenters. The monoisotopic (exact) mass is 143 g/mol. The minimum atomic E-state index is -0.976. The summed E-state index contributed by atoms with van der Waals surface area (Å²) in [5, 5.41) is 9.99. The Morgan fingerprint density at radius 3 is 3.00 bits per heavy atom. The van der Waals surface area contributed by atoms with Crippen LogP contribution in [0.25, 0.3) is 0 Å². The summed E-state index contributed by atoms with van der Waals surface area (Å²) in [7, 11) is 0. The Labute approximate surface area is 60.0 Å². The predicted octanol–water partition coefficient (Wildman–Crippen LogP) is -0.305. The van der Waals surface area contributed by atoms with Gasteiger partial charge in [-0.2, -0.15) is 0 Å². The van der Waals surface area contributed by atoms with Gasteiger partial charge in [-0.05, 0) is 25.7 Å². The third-order valence-corrected chi connectivity index (χ3v) is 1.69. The molecule has 58 valence electrons. The van der Waals surface area contributed by atoms with Gasteiger partial charge in [0.05, 0.1) is 6.10 Å². The van der Waals surface area contributed by atoms with E-state index < -0.39 is 5.97 Å². The first-order valence-corrected chi connectivity index (χ1v) is 3.60. The van der Waals surface area contributed by atoms with Crippen molar-refractivity contribution in [1.29, 1.82) is 0 Å². The maximum atomic E-state index is 9.99. The number of carbonyl (C=O) groups is 1. The van der Waals surface area contributed by atoms with Gasteiger partial charge >= 0.3 is 0 Å². The van der Waals surface area contributed by atoms with Crippen LogP contribution >= 0.6 is 0 Å². The lowest BCUT2D eigenvalue weighted by Gasteiger charge is -2.08. The van der Waals surface area contributed by atoms with E-state index in [2.05, 4.69) is 0 Å². The molecule has 0 aromatic heterocycles. The number of hydrogen-bond donors (Lipinski definition) is 0. The van der Waals surface area contributed by atoms with Crippen LogP contribution in [0.15, 0.2) is 0 Å². The average molecular weight is 143 g/mol. The lowest BCUT2D eigenvalue weighted by atomic mass is 10.1. The second-order valence-corrected chi connectivity index (χ2v) is 2.55. The highest BCUT2D eigenvalue weighted by atomic mass is 16.5. The zero-order valence-corrected chi connectivity index (χ0v) is 5.84. The highest BCUT2D eigenvalue weighted by Gasteiger charge is 2.14. The summed E-state index contributed by atoms with van der Waals surface area (Å²) in [6.45, 7) is 0.789. The van der Waals surface area contributed by atoms with Gasteiger partial charge in [-0.25, -0.2) is 0 Å². The lowest BCUT2D eigenvalue weighted by molar-refractivity contribution is -0.306. The van der Waals surface area contributed by atoms with Crippen LogP contribution in [0.2, 0.25) is 0 Å². The lowest BCUT2D eigenvalue weighted by Crippen LogP contribution is -2.23. The van der Waals surface area contributed by atoms with Crippen LogP contribution < -0.4 is 5.11 Å². The molecule has 0 spiro atoms. The fourth-order valence-corrected chi connectivity index (χ4v) is 1.15. The molecular formula is C7H11O3-. The number of rotatable bonds is 3. The van der Waals surface area contributed by atoms with Gasteiger partial charge in [-0.15, -0.1) is 0 Å². The molecular weight excluding hydrogens is 132 g/mol. The Balaban J connectivity index is 2.07. The van der Waals surface area contributed by atoms with E-state index in [0.29, 0.717) is 6.42 Å². The molecule has 1 aliphatic rings. The van der Waals surface area contributed by atoms with E-state index >= 15 is 0 Å². The quantitative estimate of drug-likeness (QED) is 0.544. The highest BCUT2D eigenvalue weighted by molar-refractivity contribution is 5.64. The van der Waals surface area contributed by atoms with Crippen molar-refractivity contribution in [1.82, 2.24) is 0 Å². The van der Waals surface area contributed by atoms with E-state index in [1.807, 2.05) is 0 Å². The van der Waals surface area contributed by atoms with E-state index in [-0.39, 0.29) is 12.5 Å². The van der Waals surface area contributed by atoms with Gasteiger partial charge in [0.1, 0.15) is 0 Å². The summed E-state index contributed by atoms with van der Waals surface area (Å²) in [5.41, 5.74) is 0. The summed E-state index contributed by atoms with van der Waals surface area (Å²) in [6.07, 6.45) is 3.00. The van der Waals surface area contributed by atoms with Crippen LogP contribution in [0, 0.1) is 0 Å². The van der Waals surface area contributed by atoms with Crippen molar-refractivity contribution in [3.05, 3.63) is 0 Å². The molecule has 1 heterocycles. The molecule has 1 unspecified atom stereocenters. The normalized spacial score (nSPS) is 25.0. The van der Waals surface area contributed by atoms with Crippen LogP contribution in [0.1, 0.15) is 25.7 Å². The molecule has 1 saturated heterocycles. The summed E-state index contributed by atoms with van der Waals surface area (Å²) in [6, 6.07) is 0. The maximum absolute atomic E-state index is 9.99. The summed E-state index contributed by atoms with van der Waals surface area (Å²) in [4.78, 5) is 9.99. The van der Waals surface area contributed by atoms with Crippen molar-refractivity contribution < 1.29 is 14.6 Å². The zero-order valence-electron chi connectivity index (χ0n) is 5.84. The Bertz CT molecular complexity index is 116. The molecule has 0 bridgehead atoms. The van der Waals surface area contributed by atoms with E-state index in [0.717, 1.165) is 19.4 Å². The molecule has 0 saturated carbocycles. The average Bonchev–Trinajstić information content (AvgIpc) is 2.34. The first-order valence-electron chi connectivity index (χ1n) is 3.60. The van der Waals surface area contributed by atoms with Gasteiger partial charge in [-0.1, -0.05) is 0 Å². The molecule has 0 aliphatic carbocycles. The Morgan fingerprint density at radius 2 is 2.50 bits per heavy atom. The van der Waals surface area contributed by atoms with Crippen molar-refractivity contribution in [3.63, 3.8) is 0 Å². The second-order valence-electron chi connectivity index (χ2n) is 2.55. The number of hydrogen-bond acceptors (Lipinski definition) is 3. The first-order chi connectivity index (χ1) is 4.79. The van der Waals surface area contributed by atoms with Gasteiger partial charge in [0.25, 0.3) is 0 Å². The van der Waals surface area contributed by atoms with E-state index in [1.165, 1.54) is 0 Å². The van der Waals surface area contributed by atoms with Crippen LogP contribution in [0.5, 0.6) is 0 Å². The molecule has 0 aromatic rings. The van der Waals surface area contributed by atoms with Gasteiger partial charge in [0.15, 0.2) is 0 Å². The minimum absolute atomic E-state index is 0.130. The number of carboxylic acid groups (broad SMARTS) is 1. The van der Waals surface area contributed by atoms with E-state index in [1.54, 1.807) is 0 Å². The van der Waals surface area contributed by atoms with E-state index in [4.69, 9.17) is 4.74 Å². The molecule has 0 N–H and O–H groups in total. The van der Waals surface area contributed by atoms with Crippen LogP contribution in [0.4, 0.5) is 0 Å². The Hall–Kier alpha value is -0.570. The number of ether oxygens (including phenoxy) is 1. The molecule has 3 nitrogen and oxygen atoms in total. The summed E-state index contributed by atoms with van der Waals surface area (Å²) in [5.74, 6) is -0.976. The SMILES string of the molecule is O=C([O-])CCC1CCCO1. The standard InChI is InChI=1S/C7H12O3/c8-7(9)4-3-6-2-1-5-10-6/h6H,1-5H2,(H,8,9)/p-1. The molecule has 3 heteroatoms. The van der Waals surface area contributed by atoms with Crippen LogP contribution in [-0.2, 0) is 9.53 Å². The van der Waals surface area contributed by atoms with Crippen molar-refractivity contribution in [2.45, 2.75) is 31.8 Å². The molecule has 1 rings (SSSR count). The topological polar surface area (TPSA) is 49.4 Å². The van der Waals surface area contributed by atoms with E-state index in [9.17, 15) is 9.90 Å². The molecule has 1 aliphatic heterocycles. The van der Waals surface area contributed by atoms with Crippen molar-refractivity contribution in [2.75, 3.05) is 6.61 Å². The first kappa shape index (κ1) is 7.54. The molecule has 0 amide bonds. The van der Waals surface area contributed by atoms with Gasteiger partial charge in [0, 0.05) is 12.6 Å². The van der Waals surface area contributed by atoms with Crippen molar-refractivity contribution in [3.8, 4) is 0 Å². The molecule has 0 radical (unpaired) electrons. The summed E-state index contributed by atoms with van der Waals surface area (Å²) >= 11 is 0. The van der Waals surface area contributed by atoms with Crippen LogP contribution in [0.3, 0.4) is 0 Å². The minimum Gasteiger partial charge on any atom is -0.550 e. The molecule has 1 fully saturated rings. The number of carbonyl (C=O) groups excluding carboxylic acids is 1. The Morgan fingerprint density at radius 1 is 1.70 bits per heavy atom. The van der Waals surface area contributed by atoms with Crippen molar-refractivity contribution in [2.24, 2.45) is 0 Å². The van der Waals surface area contributed by atoms with Gasteiger partial charge < -0.3 is 14.6 Å². The number of aliphatic carboxylic acids is 1. The maximum Gasteiger partial charge on any atom is 0.0579 e. The fourth-order valence-electron chi connectivity index (χ4n) is 1.15. The predicted molar refractivity (Wildman–Crippen MR) is 33.2 cm³/mol. The highest BCUT2D eigenvalue weighted by Crippen LogP contribution is 2.16. The largest absolute Gasteiger partial charge is 0.550 e. The number of carboxylic acids is 1. The Kier molecular flexibility index (Phi) is 2.68. The summed E-state index contributed by atoms with van der Waals surface area (Å²) < 4.78 is 5.21. The third kappa shape index (κ3) is 2.35. The van der Waals surface area contributed by atoms with Gasteiger partial charge in [-0.3, -0.25) is 0 Å². The zero-order chi connectivity index (χ0) is 7.40. The molecule has 0 aromatic carbocycles. The fraction of sp³-hybridized carbons (Fsp3) is 0.857. The third-order valence-electron chi connectivity index (χ3n) is 1.69. The second kappa shape index (κ2) is 3.56.